The van der Waals surface area contributed by atoms with Crippen molar-refractivity contribution in [2.45, 2.75) is 18.9 Å². The number of rotatable bonds is 6. The molecule has 1 unspecified atom stereocenters. The Labute approximate surface area is 124 Å². The Bertz CT molecular complexity index is 542. The van der Waals surface area contributed by atoms with Gasteiger partial charge in [0.2, 0.25) is 0 Å². The van der Waals surface area contributed by atoms with Crippen LogP contribution in [0, 0.1) is 0 Å². The molecule has 2 rings (SSSR count). The van der Waals surface area contributed by atoms with Crippen LogP contribution in [0.25, 0.3) is 0 Å². The summed E-state index contributed by atoms with van der Waals surface area (Å²) in [6.07, 6.45) is 1.70. The molecule has 20 heavy (non-hydrogen) atoms. The number of hydrogen-bond acceptors (Lipinski definition) is 3. The summed E-state index contributed by atoms with van der Waals surface area (Å²) >= 11 is 5.89. The quantitative estimate of drug-likeness (QED) is 0.635. The van der Waals surface area contributed by atoms with Gasteiger partial charge in [-0.1, -0.05) is 35.9 Å². The minimum atomic E-state index is 0.170. The molecule has 1 atom stereocenters. The van der Waals surface area contributed by atoms with Crippen LogP contribution in [0.5, 0.6) is 5.75 Å². The number of nitrogens with one attached hydrogen (secondary N) is 1. The van der Waals surface area contributed by atoms with E-state index in [4.69, 9.17) is 22.2 Å². The highest BCUT2D eigenvalue weighted by Crippen LogP contribution is 2.16. The van der Waals surface area contributed by atoms with Gasteiger partial charge in [-0.15, -0.1) is 0 Å². The van der Waals surface area contributed by atoms with Gasteiger partial charge in [-0.3, -0.25) is 11.3 Å². The molecule has 0 radical (unpaired) electrons. The zero-order valence-corrected chi connectivity index (χ0v) is 12.2. The normalized spacial score (nSPS) is 12.2. The molecular formula is C16H19ClN2O. The van der Waals surface area contributed by atoms with E-state index in [1.807, 2.05) is 42.5 Å². The molecule has 2 aromatic carbocycles. The van der Waals surface area contributed by atoms with Gasteiger partial charge in [0.1, 0.15) is 5.75 Å². The predicted octanol–water partition coefficient (Wildman–Crippen LogP) is 2.97. The van der Waals surface area contributed by atoms with Gasteiger partial charge < -0.3 is 4.74 Å². The van der Waals surface area contributed by atoms with Crippen LogP contribution in [-0.4, -0.2) is 13.2 Å². The summed E-state index contributed by atoms with van der Waals surface area (Å²) in [5, 5.41) is 0.749. The lowest BCUT2D eigenvalue weighted by molar-refractivity contribution is 0.413. The van der Waals surface area contributed by atoms with Gasteiger partial charge >= 0.3 is 0 Å². The van der Waals surface area contributed by atoms with Crippen molar-refractivity contribution in [1.29, 1.82) is 0 Å². The minimum absolute atomic E-state index is 0.170. The lowest BCUT2D eigenvalue weighted by Crippen LogP contribution is -2.38. The van der Waals surface area contributed by atoms with Crippen molar-refractivity contribution in [3.63, 3.8) is 0 Å². The van der Waals surface area contributed by atoms with Crippen LogP contribution < -0.4 is 16.0 Å². The van der Waals surface area contributed by atoms with Crippen molar-refractivity contribution in [1.82, 2.24) is 5.43 Å². The Balaban J connectivity index is 2.02. The second kappa shape index (κ2) is 7.29. The third-order valence-corrected chi connectivity index (χ3v) is 3.50. The van der Waals surface area contributed by atoms with E-state index in [-0.39, 0.29) is 6.04 Å². The van der Waals surface area contributed by atoms with Crippen molar-refractivity contribution in [2.24, 2.45) is 5.84 Å². The third-order valence-electron chi connectivity index (χ3n) is 3.25. The number of halogens is 1. The molecule has 0 aliphatic carbocycles. The first kappa shape index (κ1) is 14.9. The Hall–Kier alpha value is -1.55. The van der Waals surface area contributed by atoms with Crippen LogP contribution in [0.2, 0.25) is 5.02 Å². The summed E-state index contributed by atoms with van der Waals surface area (Å²) < 4.78 is 5.24. The molecule has 0 bridgehead atoms. The van der Waals surface area contributed by atoms with E-state index in [9.17, 15) is 0 Å². The molecule has 0 saturated heterocycles. The molecule has 0 aliphatic rings. The van der Waals surface area contributed by atoms with E-state index < -0.39 is 0 Å². The van der Waals surface area contributed by atoms with Crippen LogP contribution in [0.1, 0.15) is 11.1 Å². The maximum absolute atomic E-state index is 5.89. The first-order chi connectivity index (χ1) is 9.71. The first-order valence-corrected chi connectivity index (χ1v) is 6.92. The van der Waals surface area contributed by atoms with Gasteiger partial charge in [-0.2, -0.15) is 0 Å². The first-order valence-electron chi connectivity index (χ1n) is 6.55. The van der Waals surface area contributed by atoms with Gasteiger partial charge in [0, 0.05) is 11.1 Å². The topological polar surface area (TPSA) is 47.3 Å². The fourth-order valence-electron chi connectivity index (χ4n) is 2.18. The molecule has 4 heteroatoms. The number of ether oxygens (including phenoxy) is 1. The lowest BCUT2D eigenvalue weighted by Gasteiger charge is -2.16. The SMILES string of the molecule is COc1cccc(CC(Cc2ccc(Cl)cc2)NN)c1. The molecule has 3 nitrogen and oxygen atoms in total. The molecule has 2 aromatic rings. The second-order valence-corrected chi connectivity index (χ2v) is 5.19. The highest BCUT2D eigenvalue weighted by Gasteiger charge is 2.09. The molecule has 106 valence electrons. The fourth-order valence-corrected chi connectivity index (χ4v) is 2.30. The van der Waals surface area contributed by atoms with E-state index >= 15 is 0 Å². The van der Waals surface area contributed by atoms with Crippen molar-refractivity contribution < 1.29 is 4.74 Å². The number of hydrazine groups is 1. The maximum Gasteiger partial charge on any atom is 0.119 e. The second-order valence-electron chi connectivity index (χ2n) is 4.75. The van der Waals surface area contributed by atoms with Crippen LogP contribution in [0.15, 0.2) is 48.5 Å². The van der Waals surface area contributed by atoms with Gasteiger partial charge in [0.15, 0.2) is 0 Å². The van der Waals surface area contributed by atoms with E-state index in [0.29, 0.717) is 0 Å². The molecular weight excluding hydrogens is 272 g/mol. The number of methoxy groups -OCH3 is 1. The van der Waals surface area contributed by atoms with Crippen LogP contribution in [0.4, 0.5) is 0 Å². The fraction of sp³-hybridized carbons (Fsp3) is 0.250. The number of hydrogen-bond donors (Lipinski definition) is 2. The highest BCUT2D eigenvalue weighted by atomic mass is 35.5. The molecule has 0 fully saturated rings. The van der Waals surface area contributed by atoms with Crippen molar-refractivity contribution >= 4 is 11.6 Å². The summed E-state index contributed by atoms with van der Waals surface area (Å²) in [5.74, 6) is 6.53. The van der Waals surface area contributed by atoms with Crippen molar-refractivity contribution in [3.8, 4) is 5.75 Å². The van der Waals surface area contributed by atoms with Crippen molar-refractivity contribution in [3.05, 3.63) is 64.7 Å². The molecule has 0 heterocycles. The Morgan fingerprint density at radius 1 is 1.10 bits per heavy atom. The highest BCUT2D eigenvalue weighted by molar-refractivity contribution is 6.30. The Morgan fingerprint density at radius 3 is 2.45 bits per heavy atom. The summed E-state index contributed by atoms with van der Waals surface area (Å²) in [5.41, 5.74) is 5.28. The minimum Gasteiger partial charge on any atom is -0.497 e. The summed E-state index contributed by atoms with van der Waals surface area (Å²) in [6, 6.07) is 16.1. The standard InChI is InChI=1S/C16H19ClN2O/c1-20-16-4-2-3-13(11-16)10-15(19-18)9-12-5-7-14(17)8-6-12/h2-8,11,15,19H,9-10,18H2,1H3. The zero-order chi connectivity index (χ0) is 14.4. The van der Waals surface area contributed by atoms with Gasteiger partial charge in [-0.25, -0.2) is 0 Å². The lowest BCUT2D eigenvalue weighted by atomic mass is 9.99. The number of nitrogens with two attached hydrogens (primary N) is 1. The maximum atomic E-state index is 5.89. The monoisotopic (exact) mass is 290 g/mol. The third kappa shape index (κ3) is 4.23. The van der Waals surface area contributed by atoms with Crippen LogP contribution in [-0.2, 0) is 12.8 Å². The molecule has 0 saturated carbocycles. The van der Waals surface area contributed by atoms with Gasteiger partial charge in [0.05, 0.1) is 7.11 Å². The average molecular weight is 291 g/mol. The van der Waals surface area contributed by atoms with Crippen molar-refractivity contribution in [2.75, 3.05) is 7.11 Å². The Morgan fingerprint density at radius 2 is 1.80 bits per heavy atom. The zero-order valence-electron chi connectivity index (χ0n) is 11.5. The summed E-state index contributed by atoms with van der Waals surface area (Å²) in [4.78, 5) is 0. The molecule has 3 N–H and O–H groups in total. The van der Waals surface area contributed by atoms with E-state index in [1.165, 1.54) is 11.1 Å². The Kier molecular flexibility index (Phi) is 5.41. The van der Waals surface area contributed by atoms with E-state index in [0.717, 1.165) is 23.6 Å². The van der Waals surface area contributed by atoms with E-state index in [2.05, 4.69) is 11.5 Å². The largest absolute Gasteiger partial charge is 0.497 e. The van der Waals surface area contributed by atoms with Gasteiger partial charge in [-0.05, 0) is 48.2 Å². The molecule has 0 aliphatic heterocycles. The molecule has 0 spiro atoms. The average Bonchev–Trinajstić information content (AvgIpc) is 2.49. The van der Waals surface area contributed by atoms with Crippen LogP contribution >= 0.6 is 11.6 Å². The smallest absolute Gasteiger partial charge is 0.119 e. The predicted molar refractivity (Wildman–Crippen MR) is 83.0 cm³/mol. The summed E-state index contributed by atoms with van der Waals surface area (Å²) in [7, 11) is 1.67. The van der Waals surface area contributed by atoms with Gasteiger partial charge in [0.25, 0.3) is 0 Å². The number of benzene rings is 2. The van der Waals surface area contributed by atoms with Crippen LogP contribution in [0.3, 0.4) is 0 Å². The molecule has 0 amide bonds. The van der Waals surface area contributed by atoms with E-state index in [1.54, 1.807) is 7.11 Å². The molecule has 0 aromatic heterocycles. The summed E-state index contributed by atoms with van der Waals surface area (Å²) in [6.45, 7) is 0.